The minimum atomic E-state index is -0.434. The molecule has 1 unspecified atom stereocenters. The van der Waals surface area contributed by atoms with E-state index in [2.05, 4.69) is 6.92 Å². The summed E-state index contributed by atoms with van der Waals surface area (Å²) in [5.74, 6) is 0.139. The Kier molecular flexibility index (Phi) is 17.8. The van der Waals surface area contributed by atoms with Crippen LogP contribution in [0.3, 0.4) is 0 Å². The van der Waals surface area contributed by atoms with Crippen molar-refractivity contribution in [1.29, 1.82) is 0 Å². The number of carbonyl (C=O) groups excluding carboxylic acids is 1. The molecule has 0 amide bonds. The first-order valence-electron chi connectivity index (χ1n) is 11.0. The molecule has 0 aliphatic heterocycles. The van der Waals surface area contributed by atoms with Crippen LogP contribution in [0.2, 0.25) is 0 Å². The molecule has 0 aromatic carbocycles. The van der Waals surface area contributed by atoms with Crippen molar-refractivity contribution in [3.8, 4) is 0 Å². The van der Waals surface area contributed by atoms with E-state index in [4.69, 9.17) is 10.5 Å². The number of carbonyl (C=O) groups is 1. The summed E-state index contributed by atoms with van der Waals surface area (Å²) in [6, 6.07) is -0.434. The Morgan fingerprint density at radius 2 is 1.16 bits per heavy atom. The van der Waals surface area contributed by atoms with E-state index in [1.807, 2.05) is 13.8 Å². The Bertz CT molecular complexity index is 292. The van der Waals surface area contributed by atoms with E-state index in [-0.39, 0.29) is 5.97 Å². The number of ether oxygens (including phenoxy) is 1. The van der Waals surface area contributed by atoms with Gasteiger partial charge < -0.3 is 10.5 Å². The van der Waals surface area contributed by atoms with Crippen LogP contribution in [0.1, 0.15) is 117 Å². The quantitative estimate of drug-likeness (QED) is 0.229. The average molecular weight is 356 g/mol. The van der Waals surface area contributed by atoms with Crippen LogP contribution in [-0.2, 0) is 9.53 Å². The molecule has 0 aliphatic carbocycles. The van der Waals surface area contributed by atoms with Crippen molar-refractivity contribution < 1.29 is 9.53 Å². The van der Waals surface area contributed by atoms with Gasteiger partial charge in [0.2, 0.25) is 0 Å². The van der Waals surface area contributed by atoms with Crippen molar-refractivity contribution in [3.05, 3.63) is 0 Å². The minimum absolute atomic E-state index is 0.233. The van der Waals surface area contributed by atoms with Gasteiger partial charge in [-0.15, -0.1) is 0 Å². The average Bonchev–Trinajstić information content (AvgIpc) is 2.59. The highest BCUT2D eigenvalue weighted by molar-refractivity contribution is 5.75. The Morgan fingerprint density at radius 3 is 1.56 bits per heavy atom. The monoisotopic (exact) mass is 355 g/mol. The molecule has 0 saturated carbocycles. The summed E-state index contributed by atoms with van der Waals surface area (Å²) in [6.45, 7) is 6.82. The first-order valence-corrected chi connectivity index (χ1v) is 11.0. The summed E-state index contributed by atoms with van der Waals surface area (Å²) in [5.41, 5.74) is 5.88. The standard InChI is InChI=1S/C22H45NO2/c1-4-5-6-7-8-9-10-11-12-13-14-15-16-17-18-21(23)22(24)25-19-20(2)3/h20-21H,4-19,23H2,1-3H3. The van der Waals surface area contributed by atoms with Crippen molar-refractivity contribution in [3.63, 3.8) is 0 Å². The number of hydrogen-bond acceptors (Lipinski definition) is 3. The molecule has 3 nitrogen and oxygen atoms in total. The molecule has 0 spiro atoms. The lowest BCUT2D eigenvalue weighted by Gasteiger charge is -2.12. The number of unbranched alkanes of at least 4 members (excludes halogenated alkanes) is 13. The first kappa shape index (κ1) is 24.4. The van der Waals surface area contributed by atoms with Gasteiger partial charge in [0.15, 0.2) is 0 Å². The highest BCUT2D eigenvalue weighted by Gasteiger charge is 2.14. The van der Waals surface area contributed by atoms with E-state index >= 15 is 0 Å². The number of rotatable bonds is 18. The normalized spacial score (nSPS) is 12.5. The van der Waals surface area contributed by atoms with E-state index in [0.29, 0.717) is 12.5 Å². The molecule has 0 radical (unpaired) electrons. The minimum Gasteiger partial charge on any atom is -0.464 e. The number of hydrogen-bond donors (Lipinski definition) is 1. The SMILES string of the molecule is CCCCCCCCCCCCCCCCC(N)C(=O)OCC(C)C. The van der Waals surface area contributed by atoms with Gasteiger partial charge in [-0.3, -0.25) is 4.79 Å². The Balaban J connectivity index is 3.24. The number of esters is 1. The summed E-state index contributed by atoms with van der Waals surface area (Å²) < 4.78 is 5.17. The fraction of sp³-hybridized carbons (Fsp3) is 0.955. The van der Waals surface area contributed by atoms with Crippen LogP contribution in [0, 0.1) is 5.92 Å². The van der Waals surface area contributed by atoms with Gasteiger partial charge in [0.25, 0.3) is 0 Å². The predicted molar refractivity (Wildman–Crippen MR) is 109 cm³/mol. The summed E-state index contributed by atoms with van der Waals surface area (Å²) >= 11 is 0. The zero-order valence-electron chi connectivity index (χ0n) is 17.4. The molecule has 1 atom stereocenters. The Labute approximate surface area is 157 Å². The molecule has 0 rings (SSSR count). The second-order valence-corrected chi connectivity index (χ2v) is 8.02. The van der Waals surface area contributed by atoms with Crippen LogP contribution in [-0.4, -0.2) is 18.6 Å². The molecule has 0 heterocycles. The maximum atomic E-state index is 11.7. The fourth-order valence-corrected chi connectivity index (χ4v) is 3.03. The van der Waals surface area contributed by atoms with Gasteiger partial charge in [-0.05, 0) is 12.3 Å². The molecule has 0 fully saturated rings. The van der Waals surface area contributed by atoms with Crippen molar-refractivity contribution in [1.82, 2.24) is 0 Å². The van der Waals surface area contributed by atoms with Crippen LogP contribution >= 0.6 is 0 Å². The lowest BCUT2D eigenvalue weighted by molar-refractivity contribution is -0.146. The van der Waals surface area contributed by atoms with Gasteiger partial charge in [-0.2, -0.15) is 0 Å². The van der Waals surface area contributed by atoms with Crippen LogP contribution in [0.25, 0.3) is 0 Å². The van der Waals surface area contributed by atoms with E-state index in [1.54, 1.807) is 0 Å². The highest BCUT2D eigenvalue weighted by Crippen LogP contribution is 2.13. The maximum Gasteiger partial charge on any atom is 0.322 e. The highest BCUT2D eigenvalue weighted by atomic mass is 16.5. The van der Waals surface area contributed by atoms with Crippen LogP contribution in [0.5, 0.6) is 0 Å². The molecule has 25 heavy (non-hydrogen) atoms. The molecule has 0 aliphatic rings. The second-order valence-electron chi connectivity index (χ2n) is 8.02. The Hall–Kier alpha value is -0.570. The third-order valence-electron chi connectivity index (χ3n) is 4.73. The third kappa shape index (κ3) is 18.0. The molecule has 0 aromatic heterocycles. The first-order chi connectivity index (χ1) is 12.1. The van der Waals surface area contributed by atoms with Crippen LogP contribution in [0.15, 0.2) is 0 Å². The van der Waals surface area contributed by atoms with Gasteiger partial charge >= 0.3 is 5.97 Å². The van der Waals surface area contributed by atoms with E-state index < -0.39 is 6.04 Å². The van der Waals surface area contributed by atoms with Gasteiger partial charge in [0, 0.05) is 0 Å². The second kappa shape index (κ2) is 18.2. The summed E-state index contributed by atoms with van der Waals surface area (Å²) in [4.78, 5) is 11.7. The van der Waals surface area contributed by atoms with E-state index in [9.17, 15) is 4.79 Å². The van der Waals surface area contributed by atoms with Crippen molar-refractivity contribution in [2.75, 3.05) is 6.61 Å². The van der Waals surface area contributed by atoms with Crippen LogP contribution in [0.4, 0.5) is 0 Å². The molecule has 3 heteroatoms. The summed E-state index contributed by atoms with van der Waals surface area (Å²) in [5, 5.41) is 0. The zero-order valence-corrected chi connectivity index (χ0v) is 17.4. The predicted octanol–water partition coefficient (Wildman–Crippen LogP) is 6.38. The molecular weight excluding hydrogens is 310 g/mol. The molecule has 2 N–H and O–H groups in total. The molecule has 0 saturated heterocycles. The molecular formula is C22H45NO2. The van der Waals surface area contributed by atoms with Gasteiger partial charge in [-0.1, -0.05) is 111 Å². The topological polar surface area (TPSA) is 52.3 Å². The maximum absolute atomic E-state index is 11.7. The van der Waals surface area contributed by atoms with Gasteiger partial charge in [-0.25, -0.2) is 0 Å². The smallest absolute Gasteiger partial charge is 0.322 e. The summed E-state index contributed by atoms with van der Waals surface area (Å²) in [7, 11) is 0. The largest absolute Gasteiger partial charge is 0.464 e. The Morgan fingerprint density at radius 1 is 0.760 bits per heavy atom. The lowest BCUT2D eigenvalue weighted by atomic mass is 10.0. The fourth-order valence-electron chi connectivity index (χ4n) is 3.03. The molecule has 0 aromatic rings. The van der Waals surface area contributed by atoms with Crippen LogP contribution < -0.4 is 5.73 Å². The van der Waals surface area contributed by atoms with Gasteiger partial charge in [0.1, 0.15) is 6.04 Å². The summed E-state index contributed by atoms with van der Waals surface area (Å²) in [6.07, 6.45) is 19.6. The molecule has 0 bridgehead atoms. The van der Waals surface area contributed by atoms with Crippen molar-refractivity contribution >= 4 is 5.97 Å². The molecule has 150 valence electrons. The lowest BCUT2D eigenvalue weighted by Crippen LogP contribution is -2.32. The zero-order chi connectivity index (χ0) is 18.8. The third-order valence-corrected chi connectivity index (χ3v) is 4.73. The van der Waals surface area contributed by atoms with E-state index in [0.717, 1.165) is 12.8 Å². The van der Waals surface area contributed by atoms with Crippen molar-refractivity contribution in [2.24, 2.45) is 11.7 Å². The van der Waals surface area contributed by atoms with Crippen molar-refractivity contribution in [2.45, 2.75) is 123 Å². The van der Waals surface area contributed by atoms with E-state index in [1.165, 1.54) is 83.5 Å². The van der Waals surface area contributed by atoms with Gasteiger partial charge in [0.05, 0.1) is 6.61 Å². The number of nitrogens with two attached hydrogens (primary N) is 1.